The number of hydrogen-bond donors (Lipinski definition) is 0. The van der Waals surface area contributed by atoms with Crippen molar-refractivity contribution in [2.45, 2.75) is 13.8 Å². The van der Waals surface area contributed by atoms with Crippen LogP contribution >= 0.6 is 0 Å². The molecule has 0 aromatic heterocycles. The van der Waals surface area contributed by atoms with Crippen molar-refractivity contribution in [3.63, 3.8) is 0 Å². The van der Waals surface area contributed by atoms with Crippen LogP contribution < -0.4 is 9.47 Å². The Hall–Kier alpha value is -2.55. The van der Waals surface area contributed by atoms with Gasteiger partial charge in [-0.1, -0.05) is 35.9 Å². The summed E-state index contributed by atoms with van der Waals surface area (Å²) in [6.07, 6.45) is 3.32. The molecule has 0 aliphatic heterocycles. The number of hydrogen-bond acceptors (Lipinski definition) is 3. The first-order valence-corrected chi connectivity index (χ1v) is 7.07. The number of para-hydroxylation sites is 1. The molecule has 0 fully saturated rings. The van der Waals surface area contributed by atoms with Crippen LogP contribution in [-0.4, -0.2) is 20.0 Å². The highest BCUT2D eigenvalue weighted by atomic mass is 16.5. The second-order valence-electron chi connectivity index (χ2n) is 5.10. The largest absolute Gasteiger partial charge is 0.493 e. The van der Waals surface area contributed by atoms with Crippen molar-refractivity contribution in [2.75, 3.05) is 14.2 Å². The van der Waals surface area contributed by atoms with E-state index in [2.05, 4.69) is 0 Å². The van der Waals surface area contributed by atoms with Crippen LogP contribution in [0.2, 0.25) is 0 Å². The monoisotopic (exact) mass is 296 g/mol. The first-order valence-electron chi connectivity index (χ1n) is 7.07. The molecule has 0 atom stereocenters. The number of ether oxygens (including phenoxy) is 2. The maximum absolute atomic E-state index is 12.3. The van der Waals surface area contributed by atoms with E-state index in [1.807, 2.05) is 50.2 Å². The van der Waals surface area contributed by atoms with Crippen LogP contribution in [-0.2, 0) is 0 Å². The zero-order valence-corrected chi connectivity index (χ0v) is 13.3. The summed E-state index contributed by atoms with van der Waals surface area (Å²) in [7, 11) is 3.17. The highest BCUT2D eigenvalue weighted by molar-refractivity contribution is 6.07. The third-order valence-electron chi connectivity index (χ3n) is 3.50. The molecule has 0 spiro atoms. The lowest BCUT2D eigenvalue weighted by atomic mass is 10.0. The van der Waals surface area contributed by atoms with Gasteiger partial charge >= 0.3 is 0 Å². The molecule has 0 aliphatic rings. The molecule has 0 saturated carbocycles. The van der Waals surface area contributed by atoms with Gasteiger partial charge < -0.3 is 9.47 Å². The molecule has 0 unspecified atom stereocenters. The highest BCUT2D eigenvalue weighted by Crippen LogP contribution is 2.31. The zero-order valence-electron chi connectivity index (χ0n) is 13.3. The topological polar surface area (TPSA) is 35.5 Å². The Balaban J connectivity index is 2.30. The number of methoxy groups -OCH3 is 2. The predicted molar refractivity (Wildman–Crippen MR) is 88.8 cm³/mol. The SMILES string of the molecule is COc1cccc(/C=C/C(=O)c2ccc(C)cc2C)c1OC. The van der Waals surface area contributed by atoms with Crippen molar-refractivity contribution in [1.29, 1.82) is 0 Å². The molecule has 0 saturated heterocycles. The molecule has 2 aromatic rings. The Morgan fingerprint density at radius 3 is 2.45 bits per heavy atom. The van der Waals surface area contributed by atoms with E-state index in [-0.39, 0.29) is 5.78 Å². The van der Waals surface area contributed by atoms with E-state index >= 15 is 0 Å². The molecule has 3 heteroatoms. The maximum Gasteiger partial charge on any atom is 0.186 e. The van der Waals surface area contributed by atoms with Crippen LogP contribution in [0.4, 0.5) is 0 Å². The van der Waals surface area contributed by atoms with Crippen LogP contribution in [0.5, 0.6) is 11.5 Å². The number of rotatable bonds is 5. The maximum atomic E-state index is 12.3. The van der Waals surface area contributed by atoms with Gasteiger partial charge in [-0.15, -0.1) is 0 Å². The summed E-state index contributed by atoms with van der Waals surface area (Å²) in [4.78, 5) is 12.3. The number of ketones is 1. The van der Waals surface area contributed by atoms with Gasteiger partial charge in [0.05, 0.1) is 14.2 Å². The first-order chi connectivity index (χ1) is 10.6. The van der Waals surface area contributed by atoms with E-state index in [9.17, 15) is 4.79 Å². The second kappa shape index (κ2) is 6.94. The van der Waals surface area contributed by atoms with Crippen LogP contribution in [0.25, 0.3) is 6.08 Å². The molecule has 0 amide bonds. The lowest BCUT2D eigenvalue weighted by Gasteiger charge is -2.09. The molecule has 2 aromatic carbocycles. The van der Waals surface area contributed by atoms with E-state index in [0.717, 1.165) is 16.7 Å². The molecule has 0 bridgehead atoms. The minimum atomic E-state index is -0.0256. The van der Waals surface area contributed by atoms with E-state index in [4.69, 9.17) is 9.47 Å². The molecule has 22 heavy (non-hydrogen) atoms. The molecule has 0 heterocycles. The fraction of sp³-hybridized carbons (Fsp3) is 0.211. The first kappa shape index (κ1) is 15.8. The van der Waals surface area contributed by atoms with Gasteiger partial charge in [-0.3, -0.25) is 4.79 Å². The van der Waals surface area contributed by atoms with Crippen molar-refractivity contribution in [3.8, 4) is 11.5 Å². The molecule has 2 rings (SSSR count). The molecule has 0 radical (unpaired) electrons. The predicted octanol–water partition coefficient (Wildman–Crippen LogP) is 4.22. The Morgan fingerprint density at radius 1 is 1.05 bits per heavy atom. The number of allylic oxidation sites excluding steroid dienone is 1. The van der Waals surface area contributed by atoms with Gasteiger partial charge in [-0.05, 0) is 37.6 Å². The van der Waals surface area contributed by atoms with E-state index in [0.29, 0.717) is 17.1 Å². The average Bonchev–Trinajstić information content (AvgIpc) is 2.51. The number of aryl methyl sites for hydroxylation is 2. The molecule has 0 N–H and O–H groups in total. The summed E-state index contributed by atoms with van der Waals surface area (Å²) in [5.74, 6) is 1.24. The van der Waals surface area contributed by atoms with Crippen LogP contribution in [0, 0.1) is 13.8 Å². The van der Waals surface area contributed by atoms with Crippen molar-refractivity contribution in [3.05, 3.63) is 64.7 Å². The van der Waals surface area contributed by atoms with Crippen molar-refractivity contribution in [2.24, 2.45) is 0 Å². The molecule has 3 nitrogen and oxygen atoms in total. The second-order valence-corrected chi connectivity index (χ2v) is 5.10. The summed E-state index contributed by atoms with van der Waals surface area (Å²) in [6, 6.07) is 11.4. The van der Waals surface area contributed by atoms with Gasteiger partial charge in [0, 0.05) is 11.1 Å². The summed E-state index contributed by atoms with van der Waals surface area (Å²) in [5, 5.41) is 0. The van der Waals surface area contributed by atoms with Gasteiger partial charge in [0.1, 0.15) is 0 Å². The molecular weight excluding hydrogens is 276 g/mol. The Bertz CT molecular complexity index is 715. The standard InChI is InChI=1S/C19H20O3/c1-13-8-10-16(14(2)12-13)17(20)11-9-15-6-5-7-18(21-3)19(15)22-4/h5-12H,1-4H3/b11-9+. The highest BCUT2D eigenvalue weighted by Gasteiger charge is 2.09. The smallest absolute Gasteiger partial charge is 0.186 e. The number of benzene rings is 2. The van der Waals surface area contributed by atoms with Crippen molar-refractivity contribution >= 4 is 11.9 Å². The minimum absolute atomic E-state index is 0.0256. The third kappa shape index (κ3) is 3.37. The van der Waals surface area contributed by atoms with Gasteiger partial charge in [-0.2, -0.15) is 0 Å². The third-order valence-corrected chi connectivity index (χ3v) is 3.50. The summed E-state index contributed by atoms with van der Waals surface area (Å²) in [5.41, 5.74) is 3.64. The van der Waals surface area contributed by atoms with Gasteiger partial charge in [0.2, 0.25) is 0 Å². The normalized spacial score (nSPS) is 10.7. The Kier molecular flexibility index (Phi) is 4.99. The fourth-order valence-electron chi connectivity index (χ4n) is 2.39. The summed E-state index contributed by atoms with van der Waals surface area (Å²) >= 11 is 0. The van der Waals surface area contributed by atoms with Crippen molar-refractivity contribution in [1.82, 2.24) is 0 Å². The molecule has 114 valence electrons. The lowest BCUT2D eigenvalue weighted by Crippen LogP contribution is -1.98. The summed E-state index contributed by atoms with van der Waals surface area (Å²) < 4.78 is 10.6. The fourth-order valence-corrected chi connectivity index (χ4v) is 2.39. The lowest BCUT2D eigenvalue weighted by molar-refractivity contribution is 0.104. The quantitative estimate of drug-likeness (QED) is 0.612. The van der Waals surface area contributed by atoms with E-state index < -0.39 is 0 Å². The van der Waals surface area contributed by atoms with Crippen molar-refractivity contribution < 1.29 is 14.3 Å². The van der Waals surface area contributed by atoms with Crippen LogP contribution in [0.1, 0.15) is 27.0 Å². The van der Waals surface area contributed by atoms with Gasteiger partial charge in [-0.25, -0.2) is 0 Å². The van der Waals surface area contributed by atoms with Crippen LogP contribution in [0.15, 0.2) is 42.5 Å². The van der Waals surface area contributed by atoms with Gasteiger partial charge in [0.15, 0.2) is 17.3 Å². The van der Waals surface area contributed by atoms with Gasteiger partial charge in [0.25, 0.3) is 0 Å². The Labute approximate surface area is 131 Å². The van der Waals surface area contributed by atoms with E-state index in [1.54, 1.807) is 26.4 Å². The molecule has 0 aliphatic carbocycles. The Morgan fingerprint density at radius 2 is 1.82 bits per heavy atom. The number of carbonyl (C=O) groups is 1. The van der Waals surface area contributed by atoms with Crippen LogP contribution in [0.3, 0.4) is 0 Å². The molecular formula is C19H20O3. The zero-order chi connectivity index (χ0) is 16.1. The van der Waals surface area contributed by atoms with E-state index in [1.165, 1.54) is 0 Å². The average molecular weight is 296 g/mol. The minimum Gasteiger partial charge on any atom is -0.493 e. The number of carbonyl (C=O) groups excluding carboxylic acids is 1. The summed E-state index contributed by atoms with van der Waals surface area (Å²) in [6.45, 7) is 3.96.